The van der Waals surface area contributed by atoms with Crippen LogP contribution >= 0.6 is 0 Å². The quantitative estimate of drug-likeness (QED) is 0.705. The molecule has 1 amide bonds. The second kappa shape index (κ2) is 9.01. The molecule has 1 aromatic rings. The molecule has 0 saturated heterocycles. The van der Waals surface area contributed by atoms with Crippen LogP contribution in [0.4, 0.5) is 4.79 Å². The van der Waals surface area contributed by atoms with E-state index in [-0.39, 0.29) is 18.8 Å². The van der Waals surface area contributed by atoms with Gasteiger partial charge in [0.25, 0.3) is 0 Å². The number of hydrogen-bond acceptors (Lipinski definition) is 4. The van der Waals surface area contributed by atoms with Crippen molar-refractivity contribution in [3.63, 3.8) is 0 Å². The van der Waals surface area contributed by atoms with Crippen LogP contribution in [0.25, 0.3) is 0 Å². The Morgan fingerprint density at radius 3 is 2.32 bits per heavy atom. The summed E-state index contributed by atoms with van der Waals surface area (Å²) in [4.78, 5) is 36.2. The zero-order valence-electron chi connectivity index (χ0n) is 14.8. The number of ketones is 1. The lowest BCUT2D eigenvalue weighted by molar-refractivity contribution is -0.146. The highest BCUT2D eigenvalue weighted by Gasteiger charge is 2.39. The topological polar surface area (TPSA) is 92.7 Å². The number of carboxylic acids is 1. The Morgan fingerprint density at radius 1 is 1.24 bits per heavy atom. The first-order valence-electron chi connectivity index (χ1n) is 8.02. The molecule has 136 valence electrons. The highest BCUT2D eigenvalue weighted by atomic mass is 16.5. The third-order valence-corrected chi connectivity index (χ3v) is 3.65. The number of carbonyl (C=O) groups is 3. The Balaban J connectivity index is 2.88. The van der Waals surface area contributed by atoms with E-state index < -0.39 is 29.4 Å². The van der Waals surface area contributed by atoms with E-state index in [9.17, 15) is 19.5 Å². The number of allylic oxidation sites excluding steroid dienone is 1. The van der Waals surface area contributed by atoms with Crippen molar-refractivity contribution in [3.8, 4) is 0 Å². The smallest absolute Gasteiger partial charge is 0.408 e. The van der Waals surface area contributed by atoms with Gasteiger partial charge in [0.2, 0.25) is 0 Å². The molecule has 0 aliphatic carbocycles. The summed E-state index contributed by atoms with van der Waals surface area (Å²) in [7, 11) is 0. The van der Waals surface area contributed by atoms with E-state index in [1.54, 1.807) is 32.9 Å². The molecule has 1 unspecified atom stereocenters. The summed E-state index contributed by atoms with van der Waals surface area (Å²) in [5.41, 5.74) is -0.0242. The zero-order chi connectivity index (χ0) is 19.0. The molecule has 0 heterocycles. The average molecular weight is 347 g/mol. The van der Waals surface area contributed by atoms with Gasteiger partial charge in [-0.2, -0.15) is 0 Å². The van der Waals surface area contributed by atoms with Gasteiger partial charge in [-0.1, -0.05) is 57.2 Å². The number of rotatable bonds is 8. The summed E-state index contributed by atoms with van der Waals surface area (Å²) in [6, 6.07) is 7.86. The molecule has 0 fully saturated rings. The number of Topliss-reactive ketones (excluding diaryl/α,β-unsaturated/α-hetero) is 1. The number of benzene rings is 1. The van der Waals surface area contributed by atoms with Gasteiger partial charge < -0.3 is 15.2 Å². The van der Waals surface area contributed by atoms with Gasteiger partial charge in [0.05, 0.1) is 5.92 Å². The highest BCUT2D eigenvalue weighted by molar-refractivity contribution is 5.95. The number of hydrogen-bond donors (Lipinski definition) is 2. The standard InChI is InChI=1S/C19H25NO5/c1-5-9-14(17(22)23)15(16(21)19(2,3)4)20-18(24)25-12-13-10-7-6-8-11-13/h5-8,10-11,14-15H,1,9,12H2,2-4H3,(H,20,24)(H,22,23)/t14?,15-/m0/s1. The maximum Gasteiger partial charge on any atom is 0.408 e. The molecule has 0 bridgehead atoms. The third-order valence-electron chi connectivity index (χ3n) is 3.65. The Morgan fingerprint density at radius 2 is 1.84 bits per heavy atom. The van der Waals surface area contributed by atoms with E-state index in [0.717, 1.165) is 5.56 Å². The van der Waals surface area contributed by atoms with Crippen molar-refractivity contribution >= 4 is 17.8 Å². The molecule has 6 heteroatoms. The molecule has 0 aromatic heterocycles. The summed E-state index contributed by atoms with van der Waals surface area (Å²) >= 11 is 0. The molecule has 25 heavy (non-hydrogen) atoms. The minimum absolute atomic E-state index is 0.0301. The van der Waals surface area contributed by atoms with E-state index in [1.807, 2.05) is 18.2 Å². The van der Waals surface area contributed by atoms with Gasteiger partial charge in [0.1, 0.15) is 12.6 Å². The normalized spacial score (nSPS) is 13.4. The van der Waals surface area contributed by atoms with E-state index in [1.165, 1.54) is 6.08 Å². The largest absolute Gasteiger partial charge is 0.481 e. The molecule has 0 radical (unpaired) electrons. The van der Waals surface area contributed by atoms with E-state index in [0.29, 0.717) is 0 Å². The number of nitrogens with one attached hydrogen (secondary N) is 1. The van der Waals surface area contributed by atoms with Crippen LogP contribution in [0.3, 0.4) is 0 Å². The van der Waals surface area contributed by atoms with Gasteiger partial charge in [-0.15, -0.1) is 6.58 Å². The molecular weight excluding hydrogens is 322 g/mol. The minimum Gasteiger partial charge on any atom is -0.481 e. The van der Waals surface area contributed by atoms with Crippen LogP contribution in [0.5, 0.6) is 0 Å². The summed E-state index contributed by atoms with van der Waals surface area (Å²) in [5.74, 6) is -2.65. The maximum absolute atomic E-state index is 12.6. The zero-order valence-corrected chi connectivity index (χ0v) is 14.8. The fourth-order valence-electron chi connectivity index (χ4n) is 2.27. The Hall–Kier alpha value is -2.63. The Labute approximate surface area is 147 Å². The van der Waals surface area contributed by atoms with Gasteiger partial charge in [0.15, 0.2) is 5.78 Å². The maximum atomic E-state index is 12.6. The lowest BCUT2D eigenvalue weighted by atomic mass is 9.80. The van der Waals surface area contributed by atoms with Crippen LogP contribution in [0, 0.1) is 11.3 Å². The van der Waals surface area contributed by atoms with Crippen LogP contribution in [0.2, 0.25) is 0 Å². The molecule has 0 aliphatic rings. The van der Waals surface area contributed by atoms with Gasteiger partial charge in [-0.3, -0.25) is 9.59 Å². The Bertz CT molecular complexity index is 618. The van der Waals surface area contributed by atoms with E-state index in [2.05, 4.69) is 11.9 Å². The fourth-order valence-corrected chi connectivity index (χ4v) is 2.27. The minimum atomic E-state index is -1.20. The van der Waals surface area contributed by atoms with Crippen molar-refractivity contribution in [1.82, 2.24) is 5.32 Å². The predicted octanol–water partition coefficient (Wildman–Crippen LogP) is 3.17. The van der Waals surface area contributed by atoms with Gasteiger partial charge in [-0.05, 0) is 12.0 Å². The SMILES string of the molecule is C=CCC(C(=O)O)[C@H](NC(=O)OCc1ccccc1)C(=O)C(C)(C)C. The molecule has 0 aliphatic heterocycles. The molecule has 2 atom stereocenters. The first-order chi connectivity index (χ1) is 11.7. The summed E-state index contributed by atoms with van der Waals surface area (Å²) < 4.78 is 5.11. The van der Waals surface area contributed by atoms with Gasteiger partial charge in [0, 0.05) is 5.41 Å². The lowest BCUT2D eigenvalue weighted by Crippen LogP contribution is -2.52. The van der Waals surface area contributed by atoms with Crippen LogP contribution in [0.15, 0.2) is 43.0 Å². The van der Waals surface area contributed by atoms with Crippen molar-refractivity contribution in [2.45, 2.75) is 39.8 Å². The van der Waals surface area contributed by atoms with Crippen LogP contribution in [0.1, 0.15) is 32.8 Å². The van der Waals surface area contributed by atoms with Crippen LogP contribution in [-0.4, -0.2) is 29.0 Å². The van der Waals surface area contributed by atoms with Crippen molar-refractivity contribution < 1.29 is 24.2 Å². The third kappa shape index (κ3) is 6.41. The Kier molecular flexibility index (Phi) is 7.36. The molecule has 0 spiro atoms. The number of carbonyl (C=O) groups excluding carboxylic acids is 2. The number of aliphatic carboxylic acids is 1. The van der Waals surface area contributed by atoms with Gasteiger partial charge >= 0.3 is 12.1 Å². The van der Waals surface area contributed by atoms with Crippen molar-refractivity contribution in [3.05, 3.63) is 48.6 Å². The molecule has 6 nitrogen and oxygen atoms in total. The summed E-state index contributed by atoms with van der Waals surface area (Å²) in [5, 5.41) is 11.8. The van der Waals surface area contributed by atoms with E-state index in [4.69, 9.17) is 4.74 Å². The van der Waals surface area contributed by atoms with Crippen molar-refractivity contribution in [2.24, 2.45) is 11.3 Å². The average Bonchev–Trinajstić information content (AvgIpc) is 2.55. The van der Waals surface area contributed by atoms with E-state index >= 15 is 0 Å². The molecule has 0 saturated carbocycles. The second-order valence-corrected chi connectivity index (χ2v) is 6.77. The second-order valence-electron chi connectivity index (χ2n) is 6.77. The summed E-state index contributed by atoms with van der Waals surface area (Å²) in [6.07, 6.45) is 0.640. The first kappa shape index (κ1) is 20.4. The monoisotopic (exact) mass is 347 g/mol. The molecule has 1 aromatic carbocycles. The lowest BCUT2D eigenvalue weighted by Gasteiger charge is -2.28. The van der Waals surface area contributed by atoms with Crippen molar-refractivity contribution in [2.75, 3.05) is 0 Å². The number of amides is 1. The molecule has 1 rings (SSSR count). The van der Waals surface area contributed by atoms with Crippen LogP contribution < -0.4 is 5.32 Å². The molecular formula is C19H25NO5. The molecule has 2 N–H and O–H groups in total. The van der Waals surface area contributed by atoms with Gasteiger partial charge in [-0.25, -0.2) is 4.79 Å². The van der Waals surface area contributed by atoms with Crippen LogP contribution in [-0.2, 0) is 20.9 Å². The summed E-state index contributed by atoms with van der Waals surface area (Å²) in [6.45, 7) is 8.57. The highest BCUT2D eigenvalue weighted by Crippen LogP contribution is 2.23. The number of ether oxygens (including phenoxy) is 1. The number of carboxylic acid groups (broad SMARTS) is 1. The fraction of sp³-hybridized carbons (Fsp3) is 0.421. The first-order valence-corrected chi connectivity index (χ1v) is 8.02. The predicted molar refractivity (Wildman–Crippen MR) is 94.0 cm³/mol. The number of alkyl carbamates (subject to hydrolysis) is 1. The van der Waals surface area contributed by atoms with Crippen molar-refractivity contribution in [1.29, 1.82) is 0 Å².